The van der Waals surface area contributed by atoms with Crippen molar-refractivity contribution in [3.63, 3.8) is 0 Å². The maximum absolute atomic E-state index is 4.73. The predicted octanol–water partition coefficient (Wildman–Crippen LogP) is 3.30. The fraction of sp³-hybridized carbons (Fsp3) is 0.235. The second-order valence-electron chi connectivity index (χ2n) is 5.38. The van der Waals surface area contributed by atoms with Crippen LogP contribution >= 0.6 is 0 Å². The molecule has 0 bridgehead atoms. The predicted molar refractivity (Wildman–Crippen MR) is 83.5 cm³/mol. The number of aryl methyl sites for hydroxylation is 1. The summed E-state index contributed by atoms with van der Waals surface area (Å²) in [6, 6.07) is 16.9. The zero-order valence-corrected chi connectivity index (χ0v) is 12.2. The first kappa shape index (κ1) is 12.9. The van der Waals surface area contributed by atoms with Crippen molar-refractivity contribution in [3.05, 3.63) is 54.2 Å². The first-order valence-electron chi connectivity index (χ1n) is 6.81. The SMILES string of the molecule is CN(C)Cc1c2cccc(-c3ccccc3)c2nn1C. The van der Waals surface area contributed by atoms with E-state index < -0.39 is 0 Å². The van der Waals surface area contributed by atoms with Crippen LogP contribution in [0.1, 0.15) is 5.69 Å². The number of hydrogen-bond donors (Lipinski definition) is 0. The summed E-state index contributed by atoms with van der Waals surface area (Å²) in [5.41, 5.74) is 4.75. The lowest BCUT2D eigenvalue weighted by Crippen LogP contribution is -2.13. The van der Waals surface area contributed by atoms with Gasteiger partial charge in [-0.15, -0.1) is 0 Å². The van der Waals surface area contributed by atoms with Crippen LogP contribution in [-0.2, 0) is 13.6 Å². The number of benzene rings is 2. The fourth-order valence-electron chi connectivity index (χ4n) is 2.61. The Morgan fingerprint density at radius 2 is 1.75 bits per heavy atom. The minimum atomic E-state index is 0.894. The second kappa shape index (κ2) is 5.10. The minimum absolute atomic E-state index is 0.894. The first-order valence-corrected chi connectivity index (χ1v) is 6.81. The first-order chi connectivity index (χ1) is 9.66. The highest BCUT2D eigenvalue weighted by Crippen LogP contribution is 2.29. The molecule has 3 aromatic rings. The normalized spacial score (nSPS) is 11.4. The Morgan fingerprint density at radius 1 is 1.00 bits per heavy atom. The number of rotatable bonds is 3. The molecular weight excluding hydrogens is 246 g/mol. The van der Waals surface area contributed by atoms with Crippen molar-refractivity contribution in [2.75, 3.05) is 14.1 Å². The molecule has 0 aliphatic carbocycles. The van der Waals surface area contributed by atoms with Crippen molar-refractivity contribution >= 4 is 10.9 Å². The summed E-state index contributed by atoms with van der Waals surface area (Å²) in [6.07, 6.45) is 0. The summed E-state index contributed by atoms with van der Waals surface area (Å²) >= 11 is 0. The van der Waals surface area contributed by atoms with Gasteiger partial charge < -0.3 is 4.90 Å². The summed E-state index contributed by atoms with van der Waals surface area (Å²) in [7, 11) is 6.19. The summed E-state index contributed by atoms with van der Waals surface area (Å²) in [5.74, 6) is 0. The fourth-order valence-corrected chi connectivity index (χ4v) is 2.61. The van der Waals surface area contributed by atoms with Crippen molar-refractivity contribution in [1.82, 2.24) is 14.7 Å². The molecule has 1 aromatic heterocycles. The highest BCUT2D eigenvalue weighted by Gasteiger charge is 2.13. The van der Waals surface area contributed by atoms with Gasteiger partial charge in [-0.05, 0) is 19.7 Å². The number of fused-ring (bicyclic) bond motifs is 1. The highest BCUT2D eigenvalue weighted by molar-refractivity contribution is 5.95. The molecule has 0 radical (unpaired) electrons. The topological polar surface area (TPSA) is 21.1 Å². The molecule has 0 amide bonds. The van der Waals surface area contributed by atoms with Gasteiger partial charge in [0.05, 0.1) is 5.69 Å². The lowest BCUT2D eigenvalue weighted by Gasteiger charge is -2.10. The molecule has 0 atom stereocenters. The third-order valence-electron chi connectivity index (χ3n) is 3.54. The van der Waals surface area contributed by atoms with Crippen LogP contribution in [0.3, 0.4) is 0 Å². The lowest BCUT2D eigenvalue weighted by atomic mass is 10.0. The molecule has 0 saturated heterocycles. The van der Waals surface area contributed by atoms with Crippen molar-refractivity contribution in [2.24, 2.45) is 7.05 Å². The Bertz CT molecular complexity index is 727. The lowest BCUT2D eigenvalue weighted by molar-refractivity contribution is 0.389. The van der Waals surface area contributed by atoms with Crippen LogP contribution in [-0.4, -0.2) is 28.8 Å². The molecule has 20 heavy (non-hydrogen) atoms. The Hall–Kier alpha value is -2.13. The van der Waals surface area contributed by atoms with E-state index in [-0.39, 0.29) is 0 Å². The van der Waals surface area contributed by atoms with Gasteiger partial charge in [-0.2, -0.15) is 5.10 Å². The van der Waals surface area contributed by atoms with E-state index in [4.69, 9.17) is 5.10 Å². The van der Waals surface area contributed by atoms with Crippen LogP contribution in [0.5, 0.6) is 0 Å². The Labute approximate surface area is 119 Å². The highest BCUT2D eigenvalue weighted by atomic mass is 15.3. The molecule has 0 spiro atoms. The number of aromatic nitrogens is 2. The van der Waals surface area contributed by atoms with E-state index in [1.165, 1.54) is 22.2 Å². The van der Waals surface area contributed by atoms with Gasteiger partial charge in [0.1, 0.15) is 5.52 Å². The van der Waals surface area contributed by atoms with Crippen LogP contribution in [0.4, 0.5) is 0 Å². The molecule has 3 rings (SSSR count). The van der Waals surface area contributed by atoms with E-state index in [1.807, 2.05) is 17.8 Å². The Balaban J connectivity index is 2.21. The van der Waals surface area contributed by atoms with Gasteiger partial charge in [0.25, 0.3) is 0 Å². The van der Waals surface area contributed by atoms with Gasteiger partial charge in [-0.25, -0.2) is 0 Å². The second-order valence-corrected chi connectivity index (χ2v) is 5.38. The minimum Gasteiger partial charge on any atom is -0.304 e. The third kappa shape index (κ3) is 2.21. The monoisotopic (exact) mass is 265 g/mol. The van der Waals surface area contributed by atoms with Gasteiger partial charge >= 0.3 is 0 Å². The van der Waals surface area contributed by atoms with Crippen LogP contribution in [0.2, 0.25) is 0 Å². The van der Waals surface area contributed by atoms with Crippen molar-refractivity contribution in [3.8, 4) is 11.1 Å². The van der Waals surface area contributed by atoms with Crippen LogP contribution < -0.4 is 0 Å². The molecule has 0 aliphatic heterocycles. The number of hydrogen-bond acceptors (Lipinski definition) is 2. The maximum Gasteiger partial charge on any atom is 0.100 e. The Morgan fingerprint density at radius 3 is 2.45 bits per heavy atom. The maximum atomic E-state index is 4.73. The third-order valence-corrected chi connectivity index (χ3v) is 3.54. The molecule has 3 nitrogen and oxygen atoms in total. The van der Waals surface area contributed by atoms with E-state index >= 15 is 0 Å². The van der Waals surface area contributed by atoms with Gasteiger partial charge in [0.15, 0.2) is 0 Å². The van der Waals surface area contributed by atoms with Gasteiger partial charge in [-0.3, -0.25) is 4.68 Å². The molecule has 0 fully saturated rings. The molecule has 0 N–H and O–H groups in total. The summed E-state index contributed by atoms with van der Waals surface area (Å²) in [5, 5.41) is 5.97. The molecule has 2 aromatic carbocycles. The summed E-state index contributed by atoms with van der Waals surface area (Å²) < 4.78 is 2.00. The Kier molecular flexibility index (Phi) is 3.28. The van der Waals surface area contributed by atoms with E-state index in [0.29, 0.717) is 0 Å². The smallest absolute Gasteiger partial charge is 0.100 e. The van der Waals surface area contributed by atoms with E-state index in [0.717, 1.165) is 12.1 Å². The quantitative estimate of drug-likeness (QED) is 0.724. The largest absolute Gasteiger partial charge is 0.304 e. The molecule has 102 valence electrons. The van der Waals surface area contributed by atoms with E-state index in [9.17, 15) is 0 Å². The average Bonchev–Trinajstić information content (AvgIpc) is 2.76. The molecule has 0 saturated carbocycles. The summed E-state index contributed by atoms with van der Waals surface area (Å²) in [4.78, 5) is 2.17. The average molecular weight is 265 g/mol. The molecule has 0 aliphatic rings. The van der Waals surface area contributed by atoms with Crippen LogP contribution in [0, 0.1) is 0 Å². The van der Waals surface area contributed by atoms with E-state index in [1.54, 1.807) is 0 Å². The van der Waals surface area contributed by atoms with Crippen molar-refractivity contribution in [1.29, 1.82) is 0 Å². The standard InChI is InChI=1S/C17H19N3/c1-19(2)12-16-15-11-7-10-14(17(15)18-20(16)3)13-8-5-4-6-9-13/h4-11H,12H2,1-3H3. The molecule has 0 unspecified atom stereocenters. The summed E-state index contributed by atoms with van der Waals surface area (Å²) in [6.45, 7) is 0.894. The number of nitrogens with zero attached hydrogens (tertiary/aromatic N) is 3. The van der Waals surface area contributed by atoms with Crippen molar-refractivity contribution < 1.29 is 0 Å². The zero-order valence-electron chi connectivity index (χ0n) is 12.2. The van der Waals surface area contributed by atoms with Gasteiger partial charge in [0, 0.05) is 24.5 Å². The van der Waals surface area contributed by atoms with Crippen LogP contribution in [0.15, 0.2) is 48.5 Å². The molecule has 3 heteroatoms. The zero-order chi connectivity index (χ0) is 14.1. The molecular formula is C17H19N3. The van der Waals surface area contributed by atoms with Gasteiger partial charge in [0.2, 0.25) is 0 Å². The van der Waals surface area contributed by atoms with Crippen molar-refractivity contribution in [2.45, 2.75) is 6.54 Å². The van der Waals surface area contributed by atoms with Crippen LogP contribution in [0.25, 0.3) is 22.0 Å². The van der Waals surface area contributed by atoms with E-state index in [2.05, 4.69) is 61.5 Å². The molecule has 1 heterocycles. The van der Waals surface area contributed by atoms with Gasteiger partial charge in [-0.1, -0.05) is 48.5 Å².